The minimum Gasteiger partial charge on any atom is -0.451 e. The predicted octanol–water partition coefficient (Wildman–Crippen LogP) is 4.17. The van der Waals surface area contributed by atoms with Crippen molar-refractivity contribution in [3.63, 3.8) is 0 Å². The molecule has 1 amide bonds. The first-order chi connectivity index (χ1) is 20.5. The minimum absolute atomic E-state index is 0.0122. The monoisotopic (exact) mass is 565 g/mol. The molecule has 4 aromatic rings. The quantitative estimate of drug-likeness (QED) is 0.326. The van der Waals surface area contributed by atoms with Crippen LogP contribution in [0.5, 0.6) is 11.5 Å². The lowest BCUT2D eigenvalue weighted by Crippen LogP contribution is -2.36. The smallest absolute Gasteiger partial charge is 0.256 e. The molecule has 0 spiro atoms. The van der Waals surface area contributed by atoms with Crippen LogP contribution in [-0.4, -0.2) is 60.7 Å². The summed E-state index contributed by atoms with van der Waals surface area (Å²) in [7, 11) is 0. The highest BCUT2D eigenvalue weighted by molar-refractivity contribution is 6.01. The van der Waals surface area contributed by atoms with Crippen LogP contribution in [0.3, 0.4) is 0 Å². The van der Waals surface area contributed by atoms with Gasteiger partial charge in [-0.1, -0.05) is 24.3 Å². The molecule has 214 valence electrons. The van der Waals surface area contributed by atoms with Gasteiger partial charge in [0.15, 0.2) is 17.3 Å². The molecule has 8 nitrogen and oxygen atoms in total. The van der Waals surface area contributed by atoms with Crippen molar-refractivity contribution in [2.24, 2.45) is 5.73 Å². The number of likely N-dealkylation sites (tertiary alicyclic amines) is 1. The lowest BCUT2D eigenvalue weighted by atomic mass is 10.0. The number of fused-ring (bicyclic) bond motifs is 5. The van der Waals surface area contributed by atoms with Crippen LogP contribution in [0.25, 0.3) is 27.7 Å². The summed E-state index contributed by atoms with van der Waals surface area (Å²) in [4.78, 5) is 31.4. The molecule has 1 aliphatic carbocycles. The molecule has 0 radical (unpaired) electrons. The molecule has 4 heterocycles. The Kier molecular flexibility index (Phi) is 5.87. The van der Waals surface area contributed by atoms with Gasteiger partial charge in [0.2, 0.25) is 5.43 Å². The topological polar surface area (TPSA) is 92.8 Å². The standard InChI is InChI=1S/C33H32FN5O3/c34-26-15-24-29-32(30(26)38-11-7-21(35)17-38)42-28-16-23-20(13-19-5-1-2-6-22(19)23)14-27(28)39(29)18-25(31(24)40)33(41)36-8-12-37-9-3-4-10-37/h1-2,5-6,14-16,18,21H,3-4,7-13,17,35H2,(H,36,41)/t21-/m1/s1. The summed E-state index contributed by atoms with van der Waals surface area (Å²) in [6, 6.07) is 13.5. The first kappa shape index (κ1) is 25.5. The van der Waals surface area contributed by atoms with Gasteiger partial charge in [0.1, 0.15) is 16.8 Å². The molecule has 0 unspecified atom stereocenters. The van der Waals surface area contributed by atoms with Crippen molar-refractivity contribution < 1.29 is 13.9 Å². The molecule has 4 aliphatic rings. The number of aromatic nitrogens is 1. The van der Waals surface area contributed by atoms with Gasteiger partial charge in [0.05, 0.1) is 11.1 Å². The summed E-state index contributed by atoms with van der Waals surface area (Å²) in [5.41, 5.74) is 11.8. The molecular weight excluding hydrogens is 533 g/mol. The normalized spacial score (nSPS) is 18.6. The second kappa shape index (κ2) is 9.68. The van der Waals surface area contributed by atoms with Crippen molar-refractivity contribution >= 4 is 22.5 Å². The third kappa shape index (κ3) is 3.94. The van der Waals surface area contributed by atoms with E-state index in [9.17, 15) is 9.59 Å². The molecule has 9 heteroatoms. The molecule has 2 fully saturated rings. The summed E-state index contributed by atoms with van der Waals surface area (Å²) in [6.07, 6.45) is 5.45. The lowest BCUT2D eigenvalue weighted by Gasteiger charge is -2.29. The van der Waals surface area contributed by atoms with Gasteiger partial charge in [-0.15, -0.1) is 0 Å². The van der Waals surface area contributed by atoms with Gasteiger partial charge in [-0.2, -0.15) is 0 Å². The fourth-order valence-electron chi connectivity index (χ4n) is 7.11. The number of nitrogens with zero attached hydrogens (tertiary/aromatic N) is 3. The number of rotatable bonds is 5. The van der Waals surface area contributed by atoms with Gasteiger partial charge < -0.3 is 30.2 Å². The largest absolute Gasteiger partial charge is 0.451 e. The maximum atomic E-state index is 16.0. The molecular formula is C33H32FN5O3. The van der Waals surface area contributed by atoms with Crippen LogP contribution in [0.15, 0.2) is 53.5 Å². The molecule has 1 aromatic heterocycles. The second-order valence-corrected chi connectivity index (χ2v) is 11.9. The molecule has 2 saturated heterocycles. The van der Waals surface area contributed by atoms with Gasteiger partial charge in [0.25, 0.3) is 5.91 Å². The van der Waals surface area contributed by atoms with E-state index in [1.165, 1.54) is 24.5 Å². The van der Waals surface area contributed by atoms with Crippen molar-refractivity contribution in [1.82, 2.24) is 14.8 Å². The number of pyridine rings is 1. The van der Waals surface area contributed by atoms with E-state index < -0.39 is 17.2 Å². The van der Waals surface area contributed by atoms with E-state index in [-0.39, 0.29) is 22.7 Å². The van der Waals surface area contributed by atoms with Gasteiger partial charge in [-0.3, -0.25) is 9.59 Å². The van der Waals surface area contributed by atoms with Crippen molar-refractivity contribution in [2.45, 2.75) is 31.7 Å². The average molecular weight is 566 g/mol. The summed E-state index contributed by atoms with van der Waals surface area (Å²) in [5, 5.41) is 3.05. The maximum Gasteiger partial charge on any atom is 0.256 e. The number of amides is 1. The van der Waals surface area contributed by atoms with Crippen LogP contribution in [0.4, 0.5) is 10.1 Å². The second-order valence-electron chi connectivity index (χ2n) is 11.9. The number of anilines is 1. The SMILES string of the molecule is N[C@@H]1CCN(c2c(F)cc3c(=O)c(C(=O)NCCN4CCCC4)cn4c3c2Oc2cc3c(cc2-4)Cc2ccccc2-3)C1. The molecule has 3 aromatic carbocycles. The summed E-state index contributed by atoms with van der Waals surface area (Å²) < 4.78 is 24.4. The Morgan fingerprint density at radius 2 is 1.90 bits per heavy atom. The fraction of sp³-hybridized carbons (Fsp3) is 0.333. The molecule has 3 aliphatic heterocycles. The Balaban J connectivity index is 1.29. The van der Waals surface area contributed by atoms with Gasteiger partial charge in [-0.05, 0) is 79.2 Å². The van der Waals surface area contributed by atoms with Crippen LogP contribution in [0.1, 0.15) is 40.7 Å². The minimum atomic E-state index is -0.559. The first-order valence-electron chi connectivity index (χ1n) is 14.8. The average Bonchev–Trinajstić information content (AvgIpc) is 3.73. The maximum absolute atomic E-state index is 16.0. The predicted molar refractivity (Wildman–Crippen MR) is 161 cm³/mol. The first-order valence-corrected chi connectivity index (χ1v) is 14.8. The Bertz CT molecular complexity index is 1840. The third-order valence-electron chi connectivity index (χ3n) is 9.21. The zero-order valence-corrected chi connectivity index (χ0v) is 23.3. The zero-order chi connectivity index (χ0) is 28.5. The zero-order valence-electron chi connectivity index (χ0n) is 23.3. The van der Waals surface area contributed by atoms with Crippen LogP contribution in [-0.2, 0) is 6.42 Å². The van der Waals surface area contributed by atoms with Crippen LogP contribution >= 0.6 is 0 Å². The number of hydrogen-bond acceptors (Lipinski definition) is 6. The van der Waals surface area contributed by atoms with Crippen molar-refractivity contribution in [3.05, 3.63) is 81.4 Å². The molecule has 0 saturated carbocycles. The highest BCUT2D eigenvalue weighted by Gasteiger charge is 2.34. The molecule has 3 N–H and O–H groups in total. The van der Waals surface area contributed by atoms with E-state index in [0.717, 1.165) is 54.9 Å². The Labute approximate surface area is 242 Å². The highest BCUT2D eigenvalue weighted by atomic mass is 19.1. The number of benzene rings is 3. The number of nitrogens with two attached hydrogens (primary N) is 1. The van der Waals surface area contributed by atoms with Crippen LogP contribution in [0.2, 0.25) is 0 Å². The number of hydrogen-bond donors (Lipinski definition) is 2. The summed E-state index contributed by atoms with van der Waals surface area (Å²) in [5.74, 6) is -0.172. The molecule has 1 atom stereocenters. The van der Waals surface area contributed by atoms with Crippen molar-refractivity contribution in [3.8, 4) is 28.3 Å². The van der Waals surface area contributed by atoms with E-state index in [2.05, 4.69) is 28.4 Å². The van der Waals surface area contributed by atoms with Crippen molar-refractivity contribution in [1.29, 1.82) is 0 Å². The number of nitrogens with one attached hydrogen (secondary N) is 1. The summed E-state index contributed by atoms with van der Waals surface area (Å²) >= 11 is 0. The van der Waals surface area contributed by atoms with E-state index in [0.29, 0.717) is 36.6 Å². The van der Waals surface area contributed by atoms with Crippen molar-refractivity contribution in [2.75, 3.05) is 44.2 Å². The van der Waals surface area contributed by atoms with E-state index in [4.69, 9.17) is 10.5 Å². The Morgan fingerprint density at radius 1 is 1.07 bits per heavy atom. The Hall–Kier alpha value is -4.21. The number of carbonyl (C=O) groups is 1. The molecule has 8 rings (SSSR count). The van der Waals surface area contributed by atoms with Crippen LogP contribution in [0, 0.1) is 5.82 Å². The van der Waals surface area contributed by atoms with Gasteiger partial charge in [-0.25, -0.2) is 4.39 Å². The van der Waals surface area contributed by atoms with Crippen LogP contribution < -0.4 is 26.1 Å². The molecule has 0 bridgehead atoms. The highest BCUT2D eigenvalue weighted by Crippen LogP contribution is 2.50. The number of halogens is 1. The van der Waals surface area contributed by atoms with E-state index >= 15 is 4.39 Å². The lowest BCUT2D eigenvalue weighted by molar-refractivity contribution is 0.0948. The fourth-order valence-corrected chi connectivity index (χ4v) is 7.11. The van der Waals surface area contributed by atoms with Gasteiger partial charge in [0, 0.05) is 38.4 Å². The Morgan fingerprint density at radius 3 is 2.71 bits per heavy atom. The summed E-state index contributed by atoms with van der Waals surface area (Å²) in [6.45, 7) is 4.30. The van der Waals surface area contributed by atoms with Gasteiger partial charge >= 0.3 is 0 Å². The van der Waals surface area contributed by atoms with E-state index in [1.807, 2.05) is 27.7 Å². The van der Waals surface area contributed by atoms with E-state index in [1.54, 1.807) is 6.20 Å². The third-order valence-corrected chi connectivity index (χ3v) is 9.21. The molecule has 42 heavy (non-hydrogen) atoms. The number of ether oxygens (including phenoxy) is 1. The number of carbonyl (C=O) groups excluding carboxylic acids is 1.